The van der Waals surface area contributed by atoms with Crippen LogP contribution >= 0.6 is 0 Å². The Hall–Kier alpha value is -1.59. The summed E-state index contributed by atoms with van der Waals surface area (Å²) in [5.41, 5.74) is 7.88. The molecule has 4 N–H and O–H groups in total. The molecule has 0 bridgehead atoms. The van der Waals surface area contributed by atoms with Gasteiger partial charge in [0.1, 0.15) is 0 Å². The summed E-state index contributed by atoms with van der Waals surface area (Å²) < 4.78 is 5.09. The van der Waals surface area contributed by atoms with E-state index in [2.05, 4.69) is 5.32 Å². The highest BCUT2D eigenvalue weighted by Crippen LogP contribution is 2.12. The first kappa shape index (κ1) is 14.5. The number of amides is 1. The molecule has 0 aromatic heterocycles. The van der Waals surface area contributed by atoms with Gasteiger partial charge in [-0.15, -0.1) is 0 Å². The van der Waals surface area contributed by atoms with Crippen LogP contribution in [0.4, 0.5) is 5.69 Å². The fraction of sp³-hybridized carbons (Fsp3) is 0.462. The van der Waals surface area contributed by atoms with E-state index in [0.29, 0.717) is 31.0 Å². The van der Waals surface area contributed by atoms with E-state index in [1.165, 1.54) is 0 Å². The van der Waals surface area contributed by atoms with Crippen molar-refractivity contribution in [3.05, 3.63) is 29.3 Å². The monoisotopic (exact) mass is 252 g/mol. The minimum Gasteiger partial charge on any atom is -0.399 e. The molecule has 0 fully saturated rings. The number of aryl methyl sites for hydroxylation is 1. The molecule has 0 aliphatic carbocycles. The van der Waals surface area contributed by atoms with Gasteiger partial charge in [0.15, 0.2) is 0 Å². The smallest absolute Gasteiger partial charge is 0.251 e. The van der Waals surface area contributed by atoms with Crippen molar-refractivity contribution in [1.82, 2.24) is 5.32 Å². The van der Waals surface area contributed by atoms with Crippen LogP contribution in [0.25, 0.3) is 0 Å². The fourth-order valence-electron chi connectivity index (χ4n) is 1.46. The molecule has 1 rings (SSSR count). The first-order valence-corrected chi connectivity index (χ1v) is 5.98. The Morgan fingerprint density at radius 1 is 1.44 bits per heavy atom. The lowest BCUT2D eigenvalue weighted by Crippen LogP contribution is -2.25. The average Bonchev–Trinajstić information content (AvgIpc) is 2.36. The van der Waals surface area contributed by atoms with Gasteiger partial charge < -0.3 is 20.9 Å². The highest BCUT2D eigenvalue weighted by atomic mass is 16.5. The van der Waals surface area contributed by atoms with Crippen LogP contribution in [0.15, 0.2) is 18.2 Å². The Morgan fingerprint density at radius 2 is 2.22 bits per heavy atom. The van der Waals surface area contributed by atoms with Gasteiger partial charge in [0.05, 0.1) is 13.2 Å². The van der Waals surface area contributed by atoms with Gasteiger partial charge in [0, 0.05) is 24.4 Å². The minimum absolute atomic E-state index is 0.0249. The van der Waals surface area contributed by atoms with Crippen LogP contribution in [0.1, 0.15) is 22.3 Å². The number of aliphatic hydroxyl groups is 1. The van der Waals surface area contributed by atoms with Crippen LogP contribution < -0.4 is 11.1 Å². The molecule has 18 heavy (non-hydrogen) atoms. The van der Waals surface area contributed by atoms with Gasteiger partial charge in [-0.25, -0.2) is 0 Å². The first-order valence-electron chi connectivity index (χ1n) is 5.98. The van der Waals surface area contributed by atoms with Gasteiger partial charge in [-0.05, 0) is 37.1 Å². The van der Waals surface area contributed by atoms with Crippen molar-refractivity contribution in [3.8, 4) is 0 Å². The van der Waals surface area contributed by atoms with Gasteiger partial charge in [0.25, 0.3) is 5.91 Å². The van der Waals surface area contributed by atoms with Crippen LogP contribution in [0.5, 0.6) is 0 Å². The molecule has 0 radical (unpaired) electrons. The van der Waals surface area contributed by atoms with Crippen molar-refractivity contribution >= 4 is 11.6 Å². The largest absolute Gasteiger partial charge is 0.399 e. The molecule has 0 spiro atoms. The molecule has 1 aromatic rings. The topological polar surface area (TPSA) is 84.6 Å². The number of anilines is 1. The lowest BCUT2D eigenvalue weighted by molar-refractivity contribution is 0.0867. The fourth-order valence-corrected chi connectivity index (χ4v) is 1.46. The number of carbonyl (C=O) groups excluding carboxylic acids is 1. The Kier molecular flexibility index (Phi) is 6.18. The zero-order valence-electron chi connectivity index (χ0n) is 10.6. The SMILES string of the molecule is Cc1cc(C(=O)NCCCOCCO)ccc1N. The molecule has 0 unspecified atom stereocenters. The molecule has 0 saturated carbocycles. The summed E-state index contributed by atoms with van der Waals surface area (Å²) >= 11 is 0. The molecule has 5 nitrogen and oxygen atoms in total. The van der Waals surface area contributed by atoms with Crippen LogP contribution in [0.3, 0.4) is 0 Å². The summed E-state index contributed by atoms with van der Waals surface area (Å²) in [6.07, 6.45) is 0.722. The summed E-state index contributed by atoms with van der Waals surface area (Å²) in [4.78, 5) is 11.8. The molecule has 0 atom stereocenters. The molecule has 0 heterocycles. The summed E-state index contributed by atoms with van der Waals surface area (Å²) in [5.74, 6) is -0.111. The predicted molar refractivity (Wildman–Crippen MR) is 70.4 cm³/mol. The number of carbonyl (C=O) groups is 1. The molecule has 0 aliphatic rings. The summed E-state index contributed by atoms with van der Waals surface area (Å²) in [6.45, 7) is 3.31. The Bertz CT molecular complexity index is 394. The highest BCUT2D eigenvalue weighted by molar-refractivity contribution is 5.94. The number of nitrogens with two attached hydrogens (primary N) is 1. The quantitative estimate of drug-likeness (QED) is 0.493. The highest BCUT2D eigenvalue weighted by Gasteiger charge is 2.05. The second kappa shape index (κ2) is 7.68. The maximum Gasteiger partial charge on any atom is 0.251 e. The summed E-state index contributed by atoms with van der Waals surface area (Å²) in [5, 5.41) is 11.3. The van der Waals surface area contributed by atoms with Crippen molar-refractivity contribution in [2.45, 2.75) is 13.3 Å². The van der Waals surface area contributed by atoms with Crippen molar-refractivity contribution in [2.24, 2.45) is 0 Å². The number of hydrogen-bond acceptors (Lipinski definition) is 4. The lowest BCUT2D eigenvalue weighted by Gasteiger charge is -2.07. The maximum absolute atomic E-state index is 11.8. The van der Waals surface area contributed by atoms with Gasteiger partial charge in [-0.1, -0.05) is 0 Å². The lowest BCUT2D eigenvalue weighted by atomic mass is 10.1. The van der Waals surface area contributed by atoms with E-state index in [4.69, 9.17) is 15.6 Å². The van der Waals surface area contributed by atoms with Gasteiger partial charge in [-0.2, -0.15) is 0 Å². The predicted octanol–water partition coefficient (Wildman–Crippen LogP) is 0.706. The van der Waals surface area contributed by atoms with E-state index < -0.39 is 0 Å². The number of benzene rings is 1. The van der Waals surface area contributed by atoms with Gasteiger partial charge >= 0.3 is 0 Å². The molecule has 100 valence electrons. The van der Waals surface area contributed by atoms with Crippen molar-refractivity contribution in [2.75, 3.05) is 32.1 Å². The van der Waals surface area contributed by atoms with Crippen LogP contribution in [0.2, 0.25) is 0 Å². The molecule has 0 aliphatic heterocycles. The standard InChI is InChI=1S/C13H20N2O3/c1-10-9-11(3-4-12(10)14)13(17)15-5-2-7-18-8-6-16/h3-4,9,16H,2,5-8,14H2,1H3,(H,15,17). The number of aliphatic hydroxyl groups excluding tert-OH is 1. The van der Waals surface area contributed by atoms with Crippen molar-refractivity contribution in [3.63, 3.8) is 0 Å². The van der Waals surface area contributed by atoms with Gasteiger partial charge in [-0.3, -0.25) is 4.79 Å². The zero-order chi connectivity index (χ0) is 13.4. The van der Waals surface area contributed by atoms with Crippen LogP contribution in [-0.2, 0) is 4.74 Å². The molecule has 1 aromatic carbocycles. The third-order valence-corrected chi connectivity index (χ3v) is 2.52. The van der Waals surface area contributed by atoms with Crippen LogP contribution in [0, 0.1) is 6.92 Å². The third kappa shape index (κ3) is 4.73. The van der Waals surface area contributed by atoms with E-state index in [9.17, 15) is 4.79 Å². The Labute approximate surface area is 107 Å². The maximum atomic E-state index is 11.8. The normalized spacial score (nSPS) is 10.3. The van der Waals surface area contributed by atoms with E-state index in [0.717, 1.165) is 12.0 Å². The summed E-state index contributed by atoms with van der Waals surface area (Å²) in [6, 6.07) is 5.21. The number of ether oxygens (including phenoxy) is 1. The van der Waals surface area contributed by atoms with Crippen LogP contribution in [-0.4, -0.2) is 37.4 Å². The van der Waals surface area contributed by atoms with E-state index in [1.807, 2.05) is 6.92 Å². The number of nitrogens with one attached hydrogen (secondary N) is 1. The van der Waals surface area contributed by atoms with Crippen molar-refractivity contribution < 1.29 is 14.6 Å². The molecular formula is C13H20N2O3. The molecule has 0 saturated heterocycles. The minimum atomic E-state index is -0.111. The third-order valence-electron chi connectivity index (χ3n) is 2.52. The molecular weight excluding hydrogens is 232 g/mol. The Balaban J connectivity index is 2.30. The second-order valence-corrected chi connectivity index (χ2v) is 4.02. The van der Waals surface area contributed by atoms with Gasteiger partial charge in [0.2, 0.25) is 0 Å². The molecule has 5 heteroatoms. The Morgan fingerprint density at radius 3 is 2.89 bits per heavy atom. The first-order chi connectivity index (χ1) is 8.65. The van der Waals surface area contributed by atoms with E-state index >= 15 is 0 Å². The van der Waals surface area contributed by atoms with E-state index in [-0.39, 0.29) is 12.5 Å². The van der Waals surface area contributed by atoms with E-state index in [1.54, 1.807) is 18.2 Å². The van der Waals surface area contributed by atoms with Crippen molar-refractivity contribution in [1.29, 1.82) is 0 Å². The second-order valence-electron chi connectivity index (χ2n) is 4.02. The average molecular weight is 252 g/mol. The number of rotatable bonds is 7. The zero-order valence-corrected chi connectivity index (χ0v) is 10.6. The number of nitrogen functional groups attached to an aromatic ring is 1. The molecule has 1 amide bonds. The number of hydrogen-bond donors (Lipinski definition) is 3. The summed E-state index contributed by atoms with van der Waals surface area (Å²) in [7, 11) is 0.